The Labute approximate surface area is 97.1 Å². The number of fused-ring (bicyclic) bond motifs is 1. The highest BCUT2D eigenvalue weighted by molar-refractivity contribution is 5.10. The van der Waals surface area contributed by atoms with Gasteiger partial charge in [0.2, 0.25) is 0 Å². The molecule has 0 spiro atoms. The van der Waals surface area contributed by atoms with Gasteiger partial charge in [-0.3, -0.25) is 0 Å². The van der Waals surface area contributed by atoms with Crippen LogP contribution in [0.5, 0.6) is 0 Å². The minimum Gasteiger partial charge on any atom is -0.505 e. The molecule has 2 rings (SSSR count). The summed E-state index contributed by atoms with van der Waals surface area (Å²) in [4.78, 5) is 0. The van der Waals surface area contributed by atoms with E-state index in [0.717, 1.165) is 18.6 Å². The second kappa shape index (κ2) is 5.28. The first-order valence-corrected chi connectivity index (χ1v) is 5.94. The lowest BCUT2D eigenvalue weighted by molar-refractivity contribution is 0.133. The van der Waals surface area contributed by atoms with Crippen LogP contribution in [0.15, 0.2) is 24.4 Å². The zero-order valence-corrected chi connectivity index (χ0v) is 10.0. The van der Waals surface area contributed by atoms with Crippen LogP contribution in [0, 0.1) is 11.8 Å². The van der Waals surface area contributed by atoms with Crippen LogP contribution in [-0.2, 0) is 14.2 Å². The predicted octanol–water partition coefficient (Wildman–Crippen LogP) is 2.84. The molecule has 2 aliphatic rings. The molecule has 1 aliphatic heterocycles. The quantitative estimate of drug-likeness (QED) is 0.672. The SMILES string of the molecule is CO/C=C/CC[C@H]1CC[C@H]2OC=C(OC)[C@@H]12. The van der Waals surface area contributed by atoms with Crippen molar-refractivity contribution in [3.8, 4) is 0 Å². The summed E-state index contributed by atoms with van der Waals surface area (Å²) < 4.78 is 15.9. The van der Waals surface area contributed by atoms with E-state index in [1.54, 1.807) is 26.7 Å². The average molecular weight is 224 g/mol. The molecule has 1 aliphatic carbocycles. The van der Waals surface area contributed by atoms with Gasteiger partial charge in [0.1, 0.15) is 18.1 Å². The Morgan fingerprint density at radius 1 is 1.44 bits per heavy atom. The Morgan fingerprint density at radius 2 is 2.31 bits per heavy atom. The van der Waals surface area contributed by atoms with Crippen LogP contribution in [0.1, 0.15) is 25.7 Å². The average Bonchev–Trinajstić information content (AvgIpc) is 2.86. The summed E-state index contributed by atoms with van der Waals surface area (Å²) in [5.41, 5.74) is 0. The fourth-order valence-electron chi connectivity index (χ4n) is 2.82. The smallest absolute Gasteiger partial charge is 0.137 e. The standard InChI is InChI=1S/C13H20O3/c1-14-8-4-3-5-10-6-7-11-13(10)12(15-2)9-16-11/h4,8-11,13H,3,5-7H2,1-2H3/b8-4+/t10-,11+,13-/m0/s1. The minimum absolute atomic E-state index is 0.367. The van der Waals surface area contributed by atoms with E-state index in [-0.39, 0.29) is 0 Å². The minimum atomic E-state index is 0.367. The van der Waals surface area contributed by atoms with Crippen LogP contribution < -0.4 is 0 Å². The largest absolute Gasteiger partial charge is 0.505 e. The van der Waals surface area contributed by atoms with E-state index in [9.17, 15) is 0 Å². The van der Waals surface area contributed by atoms with E-state index in [2.05, 4.69) is 6.08 Å². The van der Waals surface area contributed by atoms with Gasteiger partial charge in [-0.1, -0.05) is 0 Å². The molecule has 0 unspecified atom stereocenters. The Balaban J connectivity index is 1.86. The first kappa shape index (κ1) is 11.4. The van der Waals surface area contributed by atoms with Gasteiger partial charge < -0.3 is 14.2 Å². The Kier molecular flexibility index (Phi) is 3.75. The van der Waals surface area contributed by atoms with Crippen LogP contribution >= 0.6 is 0 Å². The summed E-state index contributed by atoms with van der Waals surface area (Å²) >= 11 is 0. The van der Waals surface area contributed by atoms with Crippen molar-refractivity contribution >= 4 is 0 Å². The predicted molar refractivity (Wildman–Crippen MR) is 61.6 cm³/mol. The lowest BCUT2D eigenvalue weighted by Gasteiger charge is -2.18. The lowest BCUT2D eigenvalue weighted by atomic mass is 9.90. The van der Waals surface area contributed by atoms with Crippen LogP contribution in [0.4, 0.5) is 0 Å². The molecule has 3 atom stereocenters. The summed E-state index contributed by atoms with van der Waals surface area (Å²) in [6, 6.07) is 0. The molecular weight excluding hydrogens is 204 g/mol. The summed E-state index contributed by atoms with van der Waals surface area (Å²) in [6.45, 7) is 0. The van der Waals surface area contributed by atoms with E-state index in [0.29, 0.717) is 17.9 Å². The van der Waals surface area contributed by atoms with Crippen molar-refractivity contribution in [3.63, 3.8) is 0 Å². The van der Waals surface area contributed by atoms with Crippen molar-refractivity contribution in [2.45, 2.75) is 31.8 Å². The van der Waals surface area contributed by atoms with Crippen LogP contribution in [0.25, 0.3) is 0 Å². The summed E-state index contributed by atoms with van der Waals surface area (Å²) in [6.07, 6.45) is 10.7. The molecule has 1 saturated carbocycles. The van der Waals surface area contributed by atoms with E-state index >= 15 is 0 Å². The van der Waals surface area contributed by atoms with Gasteiger partial charge in [-0.05, 0) is 37.7 Å². The number of rotatable bonds is 5. The van der Waals surface area contributed by atoms with Gasteiger partial charge in [0.15, 0.2) is 0 Å². The molecule has 0 radical (unpaired) electrons. The molecule has 1 heterocycles. The highest BCUT2D eigenvalue weighted by Gasteiger charge is 2.43. The molecule has 0 aromatic carbocycles. The summed E-state index contributed by atoms with van der Waals surface area (Å²) in [5.74, 6) is 2.21. The van der Waals surface area contributed by atoms with Crippen LogP contribution in [0.2, 0.25) is 0 Å². The Hall–Kier alpha value is -1.12. The van der Waals surface area contributed by atoms with Crippen molar-refractivity contribution < 1.29 is 14.2 Å². The van der Waals surface area contributed by atoms with Crippen molar-refractivity contribution in [1.82, 2.24) is 0 Å². The maximum Gasteiger partial charge on any atom is 0.137 e. The Bertz CT molecular complexity index is 283. The molecule has 0 aromatic heterocycles. The van der Waals surface area contributed by atoms with Crippen LogP contribution in [0.3, 0.4) is 0 Å². The lowest BCUT2D eigenvalue weighted by Crippen LogP contribution is -2.18. The molecule has 3 nitrogen and oxygen atoms in total. The number of hydrogen-bond donors (Lipinski definition) is 0. The van der Waals surface area contributed by atoms with Gasteiger partial charge in [-0.2, -0.15) is 0 Å². The third kappa shape index (κ3) is 2.18. The van der Waals surface area contributed by atoms with Gasteiger partial charge in [0, 0.05) is 0 Å². The number of allylic oxidation sites excluding steroid dienone is 1. The van der Waals surface area contributed by atoms with Crippen LogP contribution in [-0.4, -0.2) is 20.3 Å². The summed E-state index contributed by atoms with van der Waals surface area (Å²) in [5, 5.41) is 0. The third-order valence-electron chi connectivity index (χ3n) is 3.59. The number of ether oxygens (including phenoxy) is 3. The van der Waals surface area contributed by atoms with Crippen molar-refractivity contribution in [2.24, 2.45) is 11.8 Å². The zero-order valence-electron chi connectivity index (χ0n) is 10.0. The first-order valence-electron chi connectivity index (χ1n) is 5.94. The molecule has 90 valence electrons. The van der Waals surface area contributed by atoms with E-state index in [1.165, 1.54) is 12.8 Å². The van der Waals surface area contributed by atoms with Gasteiger partial charge >= 0.3 is 0 Å². The van der Waals surface area contributed by atoms with Crippen molar-refractivity contribution in [3.05, 3.63) is 24.4 Å². The van der Waals surface area contributed by atoms with Crippen molar-refractivity contribution in [2.75, 3.05) is 14.2 Å². The molecule has 0 amide bonds. The maximum atomic E-state index is 5.61. The van der Waals surface area contributed by atoms with E-state index in [1.807, 2.05) is 0 Å². The second-order valence-corrected chi connectivity index (χ2v) is 4.45. The molecule has 0 bridgehead atoms. The van der Waals surface area contributed by atoms with E-state index < -0.39 is 0 Å². The Morgan fingerprint density at radius 3 is 3.06 bits per heavy atom. The zero-order chi connectivity index (χ0) is 11.4. The maximum absolute atomic E-state index is 5.61. The highest BCUT2D eigenvalue weighted by Crippen LogP contribution is 2.45. The molecule has 0 saturated heterocycles. The summed E-state index contributed by atoms with van der Waals surface area (Å²) in [7, 11) is 3.41. The number of hydrogen-bond acceptors (Lipinski definition) is 3. The fraction of sp³-hybridized carbons (Fsp3) is 0.692. The van der Waals surface area contributed by atoms with Gasteiger partial charge in [-0.15, -0.1) is 0 Å². The molecule has 16 heavy (non-hydrogen) atoms. The molecule has 1 fully saturated rings. The molecule has 0 aromatic rings. The van der Waals surface area contributed by atoms with Gasteiger partial charge in [-0.25, -0.2) is 0 Å². The normalized spacial score (nSPS) is 32.4. The van der Waals surface area contributed by atoms with Gasteiger partial charge in [0.05, 0.1) is 26.4 Å². The fourth-order valence-corrected chi connectivity index (χ4v) is 2.82. The van der Waals surface area contributed by atoms with E-state index in [4.69, 9.17) is 14.2 Å². The van der Waals surface area contributed by atoms with Gasteiger partial charge in [0.25, 0.3) is 0 Å². The highest BCUT2D eigenvalue weighted by atomic mass is 16.5. The topological polar surface area (TPSA) is 27.7 Å². The number of methoxy groups -OCH3 is 2. The third-order valence-corrected chi connectivity index (χ3v) is 3.59. The first-order chi connectivity index (χ1) is 7.86. The monoisotopic (exact) mass is 224 g/mol. The molecule has 3 heteroatoms. The second-order valence-electron chi connectivity index (χ2n) is 4.45. The van der Waals surface area contributed by atoms with Crippen molar-refractivity contribution in [1.29, 1.82) is 0 Å². The molecule has 0 N–H and O–H groups in total. The molecular formula is C13H20O3.